The molecule has 0 heterocycles. The van der Waals surface area contributed by atoms with Crippen LogP contribution in [0.2, 0.25) is 0 Å². The topological polar surface area (TPSA) is 64.9 Å². The third kappa shape index (κ3) is 3.41. The minimum absolute atomic E-state index is 0.0703. The zero-order valence-corrected chi connectivity index (χ0v) is 13.0. The third-order valence-corrected chi connectivity index (χ3v) is 4.26. The van der Waals surface area contributed by atoms with Crippen LogP contribution in [0.3, 0.4) is 0 Å². The van der Waals surface area contributed by atoms with Crippen LogP contribution in [0.1, 0.15) is 36.1 Å². The Balaban J connectivity index is 1.61. The Labute approximate surface area is 136 Å². The number of rotatable bonds is 4. The highest BCUT2D eigenvalue weighted by atomic mass is 16.2. The average Bonchev–Trinajstić information content (AvgIpc) is 2.98. The lowest BCUT2D eigenvalue weighted by molar-refractivity contribution is -0.118. The number of nitriles is 1. The van der Waals surface area contributed by atoms with Gasteiger partial charge in [0, 0.05) is 11.7 Å². The van der Waals surface area contributed by atoms with Crippen molar-refractivity contribution >= 4 is 11.6 Å². The van der Waals surface area contributed by atoms with Gasteiger partial charge in [-0.15, -0.1) is 0 Å². The molecule has 0 fully saturated rings. The van der Waals surface area contributed by atoms with E-state index in [0.29, 0.717) is 11.3 Å². The maximum Gasteiger partial charge on any atom is 0.241 e. The number of carbonyl (C=O) groups excluding carboxylic acids is 1. The fourth-order valence-electron chi connectivity index (χ4n) is 2.99. The first-order valence-electron chi connectivity index (χ1n) is 7.82. The number of amides is 1. The van der Waals surface area contributed by atoms with Crippen molar-refractivity contribution in [3.8, 4) is 6.07 Å². The van der Waals surface area contributed by atoms with Crippen LogP contribution < -0.4 is 10.6 Å². The number of fused-ring (bicyclic) bond motifs is 1. The van der Waals surface area contributed by atoms with E-state index in [1.54, 1.807) is 24.3 Å². The summed E-state index contributed by atoms with van der Waals surface area (Å²) in [6.45, 7) is 1.87. The summed E-state index contributed by atoms with van der Waals surface area (Å²) in [5, 5.41) is 15.1. The molecule has 23 heavy (non-hydrogen) atoms. The molecule has 0 aliphatic heterocycles. The molecule has 2 N–H and O–H groups in total. The first kappa shape index (κ1) is 15.3. The zero-order chi connectivity index (χ0) is 16.2. The van der Waals surface area contributed by atoms with Crippen molar-refractivity contribution < 1.29 is 4.79 Å². The monoisotopic (exact) mass is 305 g/mol. The molecular formula is C19H19N3O. The van der Waals surface area contributed by atoms with E-state index in [4.69, 9.17) is 5.26 Å². The van der Waals surface area contributed by atoms with Crippen molar-refractivity contribution in [3.05, 3.63) is 65.2 Å². The van der Waals surface area contributed by atoms with Gasteiger partial charge in [-0.05, 0) is 55.2 Å². The molecule has 0 radical (unpaired) electrons. The number of carbonyl (C=O) groups is 1. The van der Waals surface area contributed by atoms with Crippen molar-refractivity contribution in [2.24, 2.45) is 0 Å². The van der Waals surface area contributed by atoms with E-state index in [-0.39, 0.29) is 18.0 Å². The number of nitrogens with one attached hydrogen (secondary N) is 2. The second-order valence-electron chi connectivity index (χ2n) is 5.86. The van der Waals surface area contributed by atoms with E-state index in [2.05, 4.69) is 34.9 Å². The first-order chi connectivity index (χ1) is 11.2. The number of aryl methyl sites for hydroxylation is 1. The van der Waals surface area contributed by atoms with Gasteiger partial charge in [-0.1, -0.05) is 24.3 Å². The van der Waals surface area contributed by atoms with Crippen LogP contribution in [0.25, 0.3) is 0 Å². The minimum Gasteiger partial charge on any atom is -0.325 e. The predicted molar refractivity (Wildman–Crippen MR) is 89.9 cm³/mol. The van der Waals surface area contributed by atoms with E-state index in [1.165, 1.54) is 11.1 Å². The molecule has 2 aromatic rings. The van der Waals surface area contributed by atoms with Crippen LogP contribution >= 0.6 is 0 Å². The maximum absolute atomic E-state index is 12.3. The van der Waals surface area contributed by atoms with Crippen LogP contribution in [0.5, 0.6) is 0 Å². The summed E-state index contributed by atoms with van der Waals surface area (Å²) in [6.07, 6.45) is 2.08. The molecule has 0 saturated carbocycles. The first-order valence-corrected chi connectivity index (χ1v) is 7.82. The summed E-state index contributed by atoms with van der Waals surface area (Å²) in [7, 11) is 0. The normalized spacial score (nSPS) is 17.1. The van der Waals surface area contributed by atoms with Gasteiger partial charge in [0.1, 0.15) is 0 Å². The van der Waals surface area contributed by atoms with Crippen LogP contribution in [0.15, 0.2) is 48.5 Å². The summed E-state index contributed by atoms with van der Waals surface area (Å²) in [5.41, 5.74) is 3.95. The molecule has 116 valence electrons. The Kier molecular flexibility index (Phi) is 4.40. The fourth-order valence-corrected chi connectivity index (χ4v) is 2.99. The molecule has 0 spiro atoms. The molecule has 3 rings (SSSR count). The maximum atomic E-state index is 12.3. The molecule has 2 atom stereocenters. The lowest BCUT2D eigenvalue weighted by Crippen LogP contribution is -2.39. The molecule has 0 bridgehead atoms. The number of benzene rings is 2. The van der Waals surface area contributed by atoms with Gasteiger partial charge < -0.3 is 5.32 Å². The molecule has 1 aliphatic rings. The van der Waals surface area contributed by atoms with E-state index < -0.39 is 0 Å². The van der Waals surface area contributed by atoms with Crippen molar-refractivity contribution in [1.82, 2.24) is 5.32 Å². The van der Waals surface area contributed by atoms with Crippen molar-refractivity contribution in [2.75, 3.05) is 5.32 Å². The summed E-state index contributed by atoms with van der Waals surface area (Å²) >= 11 is 0. The highest BCUT2D eigenvalue weighted by Gasteiger charge is 2.25. The van der Waals surface area contributed by atoms with Gasteiger partial charge in [-0.25, -0.2) is 0 Å². The van der Waals surface area contributed by atoms with Gasteiger partial charge in [0.15, 0.2) is 0 Å². The summed E-state index contributed by atoms with van der Waals surface area (Å²) in [4.78, 5) is 12.3. The molecule has 0 unspecified atom stereocenters. The number of anilines is 1. The molecule has 4 nitrogen and oxygen atoms in total. The van der Waals surface area contributed by atoms with E-state index >= 15 is 0 Å². The number of hydrogen-bond acceptors (Lipinski definition) is 3. The Morgan fingerprint density at radius 2 is 1.96 bits per heavy atom. The molecule has 2 aromatic carbocycles. The third-order valence-electron chi connectivity index (χ3n) is 4.26. The molecule has 1 aliphatic carbocycles. The van der Waals surface area contributed by atoms with Crippen LogP contribution in [-0.2, 0) is 11.2 Å². The minimum atomic E-state index is -0.290. The van der Waals surface area contributed by atoms with Crippen LogP contribution in [0.4, 0.5) is 5.69 Å². The summed E-state index contributed by atoms with van der Waals surface area (Å²) in [6, 6.07) is 17.3. The predicted octanol–water partition coefficient (Wildman–Crippen LogP) is 3.16. The molecule has 1 amide bonds. The van der Waals surface area contributed by atoms with Crippen molar-refractivity contribution in [2.45, 2.75) is 31.8 Å². The lowest BCUT2D eigenvalue weighted by Gasteiger charge is -2.20. The molecule has 4 heteroatoms. The summed E-state index contributed by atoms with van der Waals surface area (Å²) < 4.78 is 0. The van der Waals surface area contributed by atoms with Crippen molar-refractivity contribution in [3.63, 3.8) is 0 Å². The quantitative estimate of drug-likeness (QED) is 0.912. The second kappa shape index (κ2) is 6.64. The lowest BCUT2D eigenvalue weighted by atomic mass is 10.1. The highest BCUT2D eigenvalue weighted by molar-refractivity contribution is 5.94. The van der Waals surface area contributed by atoms with Gasteiger partial charge in [0.2, 0.25) is 5.91 Å². The molecular weight excluding hydrogens is 286 g/mol. The van der Waals surface area contributed by atoms with E-state index in [1.807, 2.05) is 13.0 Å². The summed E-state index contributed by atoms with van der Waals surface area (Å²) in [5.74, 6) is -0.0703. The Morgan fingerprint density at radius 3 is 2.70 bits per heavy atom. The van der Waals surface area contributed by atoms with Gasteiger partial charge in [0.25, 0.3) is 0 Å². The highest BCUT2D eigenvalue weighted by Crippen LogP contribution is 2.31. The van der Waals surface area contributed by atoms with Crippen LogP contribution in [0, 0.1) is 11.3 Å². The molecule has 0 aromatic heterocycles. The van der Waals surface area contributed by atoms with Gasteiger partial charge >= 0.3 is 0 Å². The van der Waals surface area contributed by atoms with E-state index in [0.717, 1.165) is 12.8 Å². The van der Waals surface area contributed by atoms with Gasteiger partial charge in [-0.3, -0.25) is 10.1 Å². The smallest absolute Gasteiger partial charge is 0.241 e. The Bertz CT molecular complexity index is 746. The number of hydrogen-bond donors (Lipinski definition) is 2. The van der Waals surface area contributed by atoms with Crippen LogP contribution in [-0.4, -0.2) is 11.9 Å². The Morgan fingerprint density at radius 1 is 1.22 bits per heavy atom. The Hall–Kier alpha value is -2.64. The van der Waals surface area contributed by atoms with Gasteiger partial charge in [-0.2, -0.15) is 5.26 Å². The molecule has 0 saturated heterocycles. The average molecular weight is 305 g/mol. The number of nitrogens with zero attached hydrogens (tertiary/aromatic N) is 1. The zero-order valence-electron chi connectivity index (χ0n) is 13.0. The fraction of sp³-hybridized carbons (Fsp3) is 0.263. The van der Waals surface area contributed by atoms with Gasteiger partial charge in [0.05, 0.1) is 17.7 Å². The standard InChI is InChI=1S/C19H19N3O/c1-13(19(23)22-16-9-6-14(12-20)7-10-16)21-18-11-8-15-4-2-3-5-17(15)18/h2-7,9-10,13,18,21H,8,11H2,1H3,(H,22,23)/t13-,18-/m1/s1. The second-order valence-corrected chi connectivity index (χ2v) is 5.86. The largest absolute Gasteiger partial charge is 0.325 e. The SMILES string of the molecule is C[C@@H](N[C@@H]1CCc2ccccc21)C(=O)Nc1ccc(C#N)cc1. The van der Waals surface area contributed by atoms with Crippen molar-refractivity contribution in [1.29, 1.82) is 5.26 Å². The van der Waals surface area contributed by atoms with E-state index in [9.17, 15) is 4.79 Å².